The number of rotatable bonds is 10. The maximum absolute atomic E-state index is 12.2. The fourth-order valence-corrected chi connectivity index (χ4v) is 4.86. The molecule has 2 rings (SSSR count). The van der Waals surface area contributed by atoms with Crippen LogP contribution in [0.25, 0.3) is 0 Å². The van der Waals surface area contributed by atoms with E-state index in [4.69, 9.17) is 9.73 Å². The number of hydrogen-bond donors (Lipinski definition) is 2. The van der Waals surface area contributed by atoms with Crippen molar-refractivity contribution in [1.82, 2.24) is 10.6 Å². The van der Waals surface area contributed by atoms with Gasteiger partial charge in [-0.2, -0.15) is 0 Å². The fourth-order valence-electron chi connectivity index (χ4n) is 3.52. The molecule has 0 spiro atoms. The maximum Gasteiger partial charge on any atom is 0.191 e. The van der Waals surface area contributed by atoms with Gasteiger partial charge in [-0.3, -0.25) is 9.20 Å². The summed E-state index contributed by atoms with van der Waals surface area (Å²) in [5.41, 5.74) is 1.20. The molecule has 5 nitrogen and oxygen atoms in total. The third-order valence-corrected chi connectivity index (χ3v) is 6.78. The number of ether oxygens (including phenoxy) is 1. The second-order valence-corrected chi connectivity index (χ2v) is 9.63. The first-order valence-electron chi connectivity index (χ1n) is 10.7. The van der Waals surface area contributed by atoms with Crippen molar-refractivity contribution < 1.29 is 8.95 Å². The quantitative estimate of drug-likeness (QED) is 0.460. The van der Waals surface area contributed by atoms with Gasteiger partial charge in [0.15, 0.2) is 5.96 Å². The van der Waals surface area contributed by atoms with Crippen molar-refractivity contribution in [1.29, 1.82) is 0 Å². The minimum Gasteiger partial charge on any atom is -0.376 e. The Kier molecular flexibility index (Phi) is 10.6. The second-order valence-electron chi connectivity index (χ2n) is 7.62. The van der Waals surface area contributed by atoms with Crippen LogP contribution in [-0.2, 0) is 22.1 Å². The van der Waals surface area contributed by atoms with Crippen molar-refractivity contribution in [2.24, 2.45) is 10.9 Å². The van der Waals surface area contributed by atoms with E-state index in [-0.39, 0.29) is 0 Å². The van der Waals surface area contributed by atoms with E-state index in [2.05, 4.69) is 36.6 Å². The van der Waals surface area contributed by atoms with E-state index in [1.165, 1.54) is 5.56 Å². The topological polar surface area (TPSA) is 62.7 Å². The van der Waals surface area contributed by atoms with Gasteiger partial charge in [-0.15, -0.1) is 0 Å². The first-order chi connectivity index (χ1) is 13.6. The molecule has 158 valence electrons. The minimum absolute atomic E-state index is 0.324. The summed E-state index contributed by atoms with van der Waals surface area (Å²) in [5, 5.41) is 7.24. The van der Waals surface area contributed by atoms with Gasteiger partial charge >= 0.3 is 0 Å². The standard InChI is InChI=1S/C22H37N3O2S/c1-4-23-22(25-20-12-9-13-21(14-20)28(26)5-2)24-15-18(3)16-27-17-19-10-7-6-8-11-19/h6-8,10-11,18,20-21H,4-5,9,12-17H2,1-3H3,(H2,23,24,25). The van der Waals surface area contributed by atoms with Crippen LogP contribution in [0.4, 0.5) is 0 Å². The Morgan fingerprint density at radius 3 is 2.79 bits per heavy atom. The molecule has 0 aromatic heterocycles. The Hall–Kier alpha value is -1.40. The maximum atomic E-state index is 12.2. The normalized spacial score (nSPS) is 22.5. The highest BCUT2D eigenvalue weighted by Gasteiger charge is 2.26. The molecule has 4 atom stereocenters. The van der Waals surface area contributed by atoms with E-state index in [9.17, 15) is 4.21 Å². The van der Waals surface area contributed by atoms with Gasteiger partial charge in [-0.25, -0.2) is 0 Å². The molecule has 0 heterocycles. The van der Waals surface area contributed by atoms with Gasteiger partial charge in [0, 0.05) is 40.9 Å². The molecule has 1 saturated carbocycles. The molecule has 4 unspecified atom stereocenters. The highest BCUT2D eigenvalue weighted by Crippen LogP contribution is 2.23. The Balaban J connectivity index is 1.78. The molecule has 1 aromatic rings. The SMILES string of the molecule is CCNC(=NCC(C)COCc1ccccc1)NC1CCCC(S(=O)CC)C1. The summed E-state index contributed by atoms with van der Waals surface area (Å²) in [6.07, 6.45) is 4.32. The van der Waals surface area contributed by atoms with Gasteiger partial charge in [0.2, 0.25) is 0 Å². The molecular weight excluding hydrogens is 370 g/mol. The second kappa shape index (κ2) is 12.9. The molecule has 6 heteroatoms. The zero-order chi connectivity index (χ0) is 20.2. The molecule has 0 bridgehead atoms. The zero-order valence-electron chi connectivity index (χ0n) is 17.7. The summed E-state index contributed by atoms with van der Waals surface area (Å²) >= 11 is 0. The van der Waals surface area contributed by atoms with Crippen LogP contribution >= 0.6 is 0 Å². The van der Waals surface area contributed by atoms with Crippen LogP contribution in [0.3, 0.4) is 0 Å². The van der Waals surface area contributed by atoms with Gasteiger partial charge in [0.1, 0.15) is 0 Å². The smallest absolute Gasteiger partial charge is 0.191 e. The summed E-state index contributed by atoms with van der Waals surface area (Å²) in [6.45, 7) is 9.16. The summed E-state index contributed by atoms with van der Waals surface area (Å²) in [4.78, 5) is 4.76. The third-order valence-electron chi connectivity index (χ3n) is 5.04. The lowest BCUT2D eigenvalue weighted by Crippen LogP contribution is -2.46. The van der Waals surface area contributed by atoms with E-state index in [0.29, 0.717) is 30.4 Å². The molecule has 0 aliphatic heterocycles. The van der Waals surface area contributed by atoms with Crippen LogP contribution < -0.4 is 10.6 Å². The van der Waals surface area contributed by atoms with Crippen LogP contribution in [-0.4, -0.2) is 46.9 Å². The van der Waals surface area contributed by atoms with E-state index in [1.807, 2.05) is 25.1 Å². The van der Waals surface area contributed by atoms with Crippen LogP contribution in [0.2, 0.25) is 0 Å². The zero-order valence-corrected chi connectivity index (χ0v) is 18.5. The highest BCUT2D eigenvalue weighted by atomic mass is 32.2. The molecule has 2 N–H and O–H groups in total. The number of benzene rings is 1. The van der Waals surface area contributed by atoms with Crippen molar-refractivity contribution in [2.45, 2.75) is 64.4 Å². The van der Waals surface area contributed by atoms with Crippen LogP contribution in [0, 0.1) is 5.92 Å². The molecule has 0 saturated heterocycles. The van der Waals surface area contributed by atoms with Crippen molar-refractivity contribution in [3.8, 4) is 0 Å². The van der Waals surface area contributed by atoms with Crippen molar-refractivity contribution >= 4 is 16.8 Å². The third kappa shape index (κ3) is 8.31. The molecular formula is C22H37N3O2S. The molecule has 28 heavy (non-hydrogen) atoms. The van der Waals surface area contributed by atoms with Gasteiger partial charge in [0.05, 0.1) is 13.2 Å². The molecule has 1 fully saturated rings. The summed E-state index contributed by atoms with van der Waals surface area (Å²) in [7, 11) is -0.700. The Labute approximate surface area is 173 Å². The first kappa shape index (κ1) is 22.9. The number of nitrogens with zero attached hydrogens (tertiary/aromatic N) is 1. The lowest BCUT2D eigenvalue weighted by molar-refractivity contribution is 0.0945. The van der Waals surface area contributed by atoms with Crippen LogP contribution in [0.1, 0.15) is 52.0 Å². The monoisotopic (exact) mass is 407 g/mol. The van der Waals surface area contributed by atoms with Crippen molar-refractivity contribution in [2.75, 3.05) is 25.4 Å². The molecule has 1 aromatic carbocycles. The summed E-state index contributed by atoms with van der Waals surface area (Å²) in [6, 6.07) is 10.6. The predicted molar refractivity (Wildman–Crippen MR) is 119 cm³/mol. The average molecular weight is 408 g/mol. The summed E-state index contributed by atoms with van der Waals surface area (Å²) < 4.78 is 18.0. The minimum atomic E-state index is -0.700. The number of nitrogens with one attached hydrogen (secondary N) is 2. The number of guanidine groups is 1. The molecule has 0 radical (unpaired) electrons. The summed E-state index contributed by atoms with van der Waals surface area (Å²) in [5.74, 6) is 1.97. The molecule has 1 aliphatic carbocycles. The van der Waals surface area contributed by atoms with Gasteiger partial charge < -0.3 is 15.4 Å². The van der Waals surface area contributed by atoms with Crippen LogP contribution in [0.15, 0.2) is 35.3 Å². The average Bonchev–Trinajstić information content (AvgIpc) is 2.72. The van der Waals surface area contributed by atoms with Crippen LogP contribution in [0.5, 0.6) is 0 Å². The Morgan fingerprint density at radius 1 is 1.29 bits per heavy atom. The Bertz CT molecular complexity index is 609. The van der Waals surface area contributed by atoms with E-state index < -0.39 is 10.8 Å². The lowest BCUT2D eigenvalue weighted by atomic mass is 9.95. The van der Waals surface area contributed by atoms with Gasteiger partial charge in [0.25, 0.3) is 0 Å². The van der Waals surface area contributed by atoms with Gasteiger partial charge in [-0.1, -0.05) is 50.6 Å². The predicted octanol–water partition coefficient (Wildman–Crippen LogP) is 3.47. The Morgan fingerprint density at radius 2 is 2.07 bits per heavy atom. The largest absolute Gasteiger partial charge is 0.376 e. The molecule has 1 aliphatic rings. The number of aliphatic imine (C=N–C) groups is 1. The number of hydrogen-bond acceptors (Lipinski definition) is 3. The van der Waals surface area contributed by atoms with E-state index in [1.54, 1.807) is 0 Å². The van der Waals surface area contributed by atoms with E-state index >= 15 is 0 Å². The molecule has 0 amide bonds. The van der Waals surface area contributed by atoms with E-state index in [0.717, 1.165) is 50.5 Å². The lowest BCUT2D eigenvalue weighted by Gasteiger charge is -2.30. The van der Waals surface area contributed by atoms with Crippen molar-refractivity contribution in [3.05, 3.63) is 35.9 Å². The van der Waals surface area contributed by atoms with Gasteiger partial charge in [-0.05, 0) is 37.7 Å². The fraction of sp³-hybridized carbons (Fsp3) is 0.682. The first-order valence-corrected chi connectivity index (χ1v) is 12.0. The highest BCUT2D eigenvalue weighted by molar-refractivity contribution is 7.85. The van der Waals surface area contributed by atoms with Crippen molar-refractivity contribution in [3.63, 3.8) is 0 Å².